The zero-order valence-corrected chi connectivity index (χ0v) is 16.7. The maximum absolute atomic E-state index is 12.9. The molecule has 0 aliphatic carbocycles. The monoisotopic (exact) mass is 437 g/mol. The SMILES string of the molecule is Cc1cccc(CS(=O)(=O)N2CC(c3nc(-c4cccc(C(F)(F)F)c4)no3)C2)c1. The summed E-state index contributed by atoms with van der Waals surface area (Å²) in [5, 5.41) is 3.76. The van der Waals surface area contributed by atoms with Crippen molar-refractivity contribution in [3.8, 4) is 11.4 Å². The minimum Gasteiger partial charge on any atom is -0.339 e. The average molecular weight is 437 g/mol. The van der Waals surface area contributed by atoms with Crippen molar-refractivity contribution >= 4 is 10.0 Å². The number of aryl methyl sites for hydroxylation is 1. The minimum atomic E-state index is -4.47. The van der Waals surface area contributed by atoms with Crippen LogP contribution in [0.1, 0.15) is 28.5 Å². The standard InChI is InChI=1S/C20H18F3N3O3S/c1-13-4-2-5-14(8-13)12-30(27,28)26-10-16(11-26)19-24-18(25-29-19)15-6-3-7-17(9-15)20(21,22)23/h2-9,16H,10-12H2,1H3. The minimum absolute atomic E-state index is 0.0390. The molecule has 0 saturated carbocycles. The first-order chi connectivity index (χ1) is 14.1. The van der Waals surface area contributed by atoms with Crippen molar-refractivity contribution in [2.75, 3.05) is 13.1 Å². The Kier molecular flexibility index (Phi) is 5.15. The lowest BCUT2D eigenvalue weighted by molar-refractivity contribution is -0.137. The number of benzene rings is 2. The molecule has 2 heterocycles. The van der Waals surface area contributed by atoms with Crippen molar-refractivity contribution in [3.05, 3.63) is 71.1 Å². The topological polar surface area (TPSA) is 76.3 Å². The number of nitrogens with zero attached hydrogens (tertiary/aromatic N) is 3. The van der Waals surface area contributed by atoms with E-state index >= 15 is 0 Å². The number of hydrogen-bond donors (Lipinski definition) is 0. The predicted molar refractivity (Wildman–Crippen MR) is 103 cm³/mol. The summed E-state index contributed by atoms with van der Waals surface area (Å²) in [5.74, 6) is -0.133. The van der Waals surface area contributed by atoms with Crippen molar-refractivity contribution in [2.45, 2.75) is 24.8 Å². The summed E-state index contributed by atoms with van der Waals surface area (Å²) in [7, 11) is -3.48. The van der Waals surface area contributed by atoms with Crippen LogP contribution >= 0.6 is 0 Å². The smallest absolute Gasteiger partial charge is 0.339 e. The van der Waals surface area contributed by atoms with E-state index in [1.54, 1.807) is 6.07 Å². The van der Waals surface area contributed by atoms with Crippen LogP contribution in [0.25, 0.3) is 11.4 Å². The van der Waals surface area contributed by atoms with Crippen LogP contribution in [0.5, 0.6) is 0 Å². The molecule has 0 amide bonds. The van der Waals surface area contributed by atoms with E-state index in [1.807, 2.05) is 25.1 Å². The molecular formula is C20H18F3N3O3S. The summed E-state index contributed by atoms with van der Waals surface area (Å²) in [6.07, 6.45) is -4.47. The van der Waals surface area contributed by atoms with Crippen LogP contribution in [-0.4, -0.2) is 36.0 Å². The molecule has 6 nitrogen and oxygen atoms in total. The van der Waals surface area contributed by atoms with Gasteiger partial charge < -0.3 is 4.52 Å². The molecule has 0 unspecified atom stereocenters. The normalized spacial score (nSPS) is 15.9. The molecule has 0 spiro atoms. The van der Waals surface area contributed by atoms with Gasteiger partial charge in [0.2, 0.25) is 21.7 Å². The van der Waals surface area contributed by atoms with Gasteiger partial charge in [0.15, 0.2) is 0 Å². The van der Waals surface area contributed by atoms with Crippen molar-refractivity contribution in [3.63, 3.8) is 0 Å². The molecule has 1 saturated heterocycles. The molecule has 0 atom stereocenters. The molecule has 3 aromatic rings. The second-order valence-electron chi connectivity index (χ2n) is 7.29. The Morgan fingerprint density at radius 3 is 2.57 bits per heavy atom. The first kappa shape index (κ1) is 20.5. The Labute approximate surface area is 171 Å². The Morgan fingerprint density at radius 1 is 1.13 bits per heavy atom. The van der Waals surface area contributed by atoms with E-state index in [1.165, 1.54) is 16.4 Å². The van der Waals surface area contributed by atoms with E-state index in [2.05, 4.69) is 10.1 Å². The van der Waals surface area contributed by atoms with Crippen LogP contribution < -0.4 is 0 Å². The first-order valence-electron chi connectivity index (χ1n) is 9.16. The average Bonchev–Trinajstić information content (AvgIpc) is 3.09. The highest BCUT2D eigenvalue weighted by molar-refractivity contribution is 7.88. The van der Waals surface area contributed by atoms with E-state index in [0.29, 0.717) is 5.56 Å². The lowest BCUT2D eigenvalue weighted by atomic mass is 10.0. The van der Waals surface area contributed by atoms with E-state index in [4.69, 9.17) is 4.52 Å². The molecule has 4 rings (SSSR count). The molecule has 0 N–H and O–H groups in total. The molecule has 0 bridgehead atoms. The van der Waals surface area contributed by atoms with Crippen molar-refractivity contribution < 1.29 is 26.1 Å². The van der Waals surface area contributed by atoms with Gasteiger partial charge in [-0.1, -0.05) is 47.1 Å². The summed E-state index contributed by atoms with van der Waals surface area (Å²) < 4.78 is 70.3. The zero-order valence-electron chi connectivity index (χ0n) is 15.9. The highest BCUT2D eigenvalue weighted by Gasteiger charge is 2.39. The highest BCUT2D eigenvalue weighted by Crippen LogP contribution is 2.33. The van der Waals surface area contributed by atoms with Gasteiger partial charge in [-0.2, -0.15) is 22.5 Å². The third kappa shape index (κ3) is 4.24. The lowest BCUT2D eigenvalue weighted by Gasteiger charge is -2.35. The van der Waals surface area contributed by atoms with Gasteiger partial charge in [-0.15, -0.1) is 0 Å². The van der Waals surface area contributed by atoms with E-state index < -0.39 is 21.8 Å². The van der Waals surface area contributed by atoms with Gasteiger partial charge in [-0.3, -0.25) is 0 Å². The number of sulfonamides is 1. The van der Waals surface area contributed by atoms with Gasteiger partial charge in [-0.05, 0) is 24.6 Å². The molecule has 1 aromatic heterocycles. The second-order valence-corrected chi connectivity index (χ2v) is 9.26. The maximum Gasteiger partial charge on any atom is 0.416 e. The number of rotatable bonds is 5. The summed E-state index contributed by atoms with van der Waals surface area (Å²) >= 11 is 0. The predicted octanol–water partition coefficient (Wildman–Crippen LogP) is 3.99. The summed E-state index contributed by atoms with van der Waals surface area (Å²) in [6, 6.07) is 12.0. The fourth-order valence-corrected chi connectivity index (χ4v) is 4.88. The fourth-order valence-electron chi connectivity index (χ4n) is 3.28. The van der Waals surface area contributed by atoms with Crippen LogP contribution in [0.4, 0.5) is 13.2 Å². The molecular weight excluding hydrogens is 419 g/mol. The summed E-state index contributed by atoms with van der Waals surface area (Å²) in [6.45, 7) is 2.28. The molecule has 1 aliphatic heterocycles. The molecule has 2 aromatic carbocycles. The highest BCUT2D eigenvalue weighted by atomic mass is 32.2. The van der Waals surface area contributed by atoms with E-state index in [0.717, 1.165) is 17.7 Å². The lowest BCUT2D eigenvalue weighted by Crippen LogP contribution is -2.48. The summed E-state index contributed by atoms with van der Waals surface area (Å²) in [5.41, 5.74) is 1.08. The fraction of sp³-hybridized carbons (Fsp3) is 0.300. The number of hydrogen-bond acceptors (Lipinski definition) is 5. The van der Waals surface area contributed by atoms with Gasteiger partial charge in [-0.25, -0.2) is 8.42 Å². The molecule has 10 heteroatoms. The Bertz CT molecular complexity index is 1170. The molecule has 0 radical (unpaired) electrons. The Morgan fingerprint density at radius 2 is 1.87 bits per heavy atom. The van der Waals surface area contributed by atoms with Gasteiger partial charge in [0, 0.05) is 18.7 Å². The van der Waals surface area contributed by atoms with Gasteiger partial charge >= 0.3 is 6.18 Å². The quantitative estimate of drug-likeness (QED) is 0.603. The van der Waals surface area contributed by atoms with E-state index in [9.17, 15) is 21.6 Å². The largest absolute Gasteiger partial charge is 0.416 e. The Hall–Kier alpha value is -2.72. The zero-order chi connectivity index (χ0) is 21.5. The van der Waals surface area contributed by atoms with E-state index in [-0.39, 0.29) is 42.0 Å². The van der Waals surface area contributed by atoms with Crippen LogP contribution in [-0.2, 0) is 22.0 Å². The molecule has 30 heavy (non-hydrogen) atoms. The summed E-state index contributed by atoms with van der Waals surface area (Å²) in [4.78, 5) is 4.17. The number of aromatic nitrogens is 2. The van der Waals surface area contributed by atoms with Crippen molar-refractivity contribution in [2.24, 2.45) is 0 Å². The second kappa shape index (κ2) is 7.51. The van der Waals surface area contributed by atoms with Gasteiger partial charge in [0.05, 0.1) is 17.2 Å². The number of halogens is 3. The van der Waals surface area contributed by atoms with Crippen LogP contribution in [0.3, 0.4) is 0 Å². The van der Waals surface area contributed by atoms with Gasteiger partial charge in [0.1, 0.15) is 0 Å². The molecule has 1 aliphatic rings. The third-order valence-electron chi connectivity index (χ3n) is 4.91. The van der Waals surface area contributed by atoms with Crippen LogP contribution in [0.2, 0.25) is 0 Å². The Balaban J connectivity index is 1.43. The molecule has 1 fully saturated rings. The van der Waals surface area contributed by atoms with Crippen molar-refractivity contribution in [1.82, 2.24) is 14.4 Å². The van der Waals surface area contributed by atoms with Crippen LogP contribution in [0.15, 0.2) is 53.1 Å². The number of alkyl halides is 3. The van der Waals surface area contributed by atoms with Gasteiger partial charge in [0.25, 0.3) is 0 Å². The van der Waals surface area contributed by atoms with Crippen LogP contribution in [0, 0.1) is 6.92 Å². The van der Waals surface area contributed by atoms with Crippen molar-refractivity contribution in [1.29, 1.82) is 0 Å². The maximum atomic E-state index is 12.9. The third-order valence-corrected chi connectivity index (χ3v) is 6.70. The first-order valence-corrected chi connectivity index (χ1v) is 10.8. The molecule has 158 valence electrons.